The third-order valence-electron chi connectivity index (χ3n) is 5.73. The Hall–Kier alpha value is -2.56. The van der Waals surface area contributed by atoms with Gasteiger partial charge in [0.15, 0.2) is 6.61 Å². The van der Waals surface area contributed by atoms with Gasteiger partial charge in [0.2, 0.25) is 0 Å². The van der Waals surface area contributed by atoms with Gasteiger partial charge in [0, 0.05) is 13.1 Å². The van der Waals surface area contributed by atoms with E-state index in [0.29, 0.717) is 25.3 Å². The van der Waals surface area contributed by atoms with Crippen molar-refractivity contribution in [2.45, 2.75) is 19.3 Å². The van der Waals surface area contributed by atoms with E-state index in [2.05, 4.69) is 0 Å². The molecule has 5 nitrogen and oxygen atoms in total. The zero-order valence-electron chi connectivity index (χ0n) is 14.0. The second kappa shape index (κ2) is 6.06. The molecule has 25 heavy (non-hydrogen) atoms. The quantitative estimate of drug-likeness (QED) is 0.930. The van der Waals surface area contributed by atoms with Crippen molar-refractivity contribution in [2.24, 2.45) is 11.3 Å². The summed E-state index contributed by atoms with van der Waals surface area (Å²) in [6.45, 7) is 0.792. The molecule has 0 spiro atoms. The van der Waals surface area contributed by atoms with Crippen LogP contribution in [-0.4, -0.2) is 41.6 Å². The summed E-state index contributed by atoms with van der Waals surface area (Å²) in [7, 11) is 0. The Morgan fingerprint density at radius 2 is 2.00 bits per heavy atom. The van der Waals surface area contributed by atoms with Crippen molar-refractivity contribution >= 4 is 22.6 Å². The van der Waals surface area contributed by atoms with E-state index in [0.717, 1.165) is 23.6 Å². The van der Waals surface area contributed by atoms with Crippen molar-refractivity contribution in [1.29, 1.82) is 0 Å². The Balaban J connectivity index is 1.41. The van der Waals surface area contributed by atoms with Gasteiger partial charge >= 0.3 is 5.97 Å². The molecule has 0 unspecified atom stereocenters. The van der Waals surface area contributed by atoms with Gasteiger partial charge in [0.25, 0.3) is 5.91 Å². The summed E-state index contributed by atoms with van der Waals surface area (Å²) in [5.74, 6) is -0.169. The van der Waals surface area contributed by atoms with Gasteiger partial charge in [0.05, 0.1) is 5.41 Å². The molecule has 0 radical (unpaired) electrons. The fourth-order valence-electron chi connectivity index (χ4n) is 4.32. The molecule has 2 atom stereocenters. The highest BCUT2D eigenvalue weighted by Gasteiger charge is 2.55. The van der Waals surface area contributed by atoms with Gasteiger partial charge in [-0.2, -0.15) is 0 Å². The normalized spacial score (nSPS) is 25.1. The van der Waals surface area contributed by atoms with Gasteiger partial charge < -0.3 is 14.7 Å². The van der Waals surface area contributed by atoms with Crippen LogP contribution < -0.4 is 4.74 Å². The minimum atomic E-state index is -0.763. The largest absolute Gasteiger partial charge is 0.484 e. The molecule has 1 saturated heterocycles. The molecule has 4 rings (SSSR count). The smallest absolute Gasteiger partial charge is 0.311 e. The highest BCUT2D eigenvalue weighted by atomic mass is 16.5. The number of hydrogen-bond donors (Lipinski definition) is 1. The van der Waals surface area contributed by atoms with Crippen molar-refractivity contribution in [2.75, 3.05) is 19.7 Å². The molecule has 130 valence electrons. The molecule has 1 saturated carbocycles. The minimum Gasteiger partial charge on any atom is -0.484 e. The molecule has 2 aliphatic rings. The number of fused-ring (bicyclic) bond motifs is 2. The van der Waals surface area contributed by atoms with E-state index in [1.165, 1.54) is 0 Å². The number of rotatable bonds is 4. The van der Waals surface area contributed by atoms with E-state index in [1.807, 2.05) is 42.5 Å². The van der Waals surface area contributed by atoms with Crippen molar-refractivity contribution in [3.05, 3.63) is 42.5 Å². The molecule has 1 N–H and O–H groups in total. The van der Waals surface area contributed by atoms with Crippen LogP contribution in [0.5, 0.6) is 5.75 Å². The second-order valence-corrected chi connectivity index (χ2v) is 7.12. The molecular weight excluding hydrogens is 318 g/mol. The molecule has 5 heteroatoms. The van der Waals surface area contributed by atoms with Crippen LogP contribution in [0.15, 0.2) is 42.5 Å². The Bertz CT molecular complexity index is 833. The molecule has 2 aromatic carbocycles. The molecular formula is C20H21NO4. The summed E-state index contributed by atoms with van der Waals surface area (Å²) >= 11 is 0. The topological polar surface area (TPSA) is 66.8 Å². The summed E-state index contributed by atoms with van der Waals surface area (Å²) in [5, 5.41) is 11.8. The maximum atomic E-state index is 12.5. The zero-order valence-corrected chi connectivity index (χ0v) is 14.0. The molecule has 1 heterocycles. The predicted octanol–water partition coefficient (Wildman–Crippen LogP) is 2.93. The number of benzene rings is 2. The van der Waals surface area contributed by atoms with E-state index < -0.39 is 11.4 Å². The molecule has 1 aliphatic carbocycles. The molecule has 0 aromatic heterocycles. The van der Waals surface area contributed by atoms with E-state index in [9.17, 15) is 14.7 Å². The summed E-state index contributed by atoms with van der Waals surface area (Å²) < 4.78 is 5.67. The minimum absolute atomic E-state index is 0.0548. The van der Waals surface area contributed by atoms with Crippen molar-refractivity contribution in [1.82, 2.24) is 4.90 Å². The van der Waals surface area contributed by atoms with Gasteiger partial charge in [-0.25, -0.2) is 0 Å². The lowest BCUT2D eigenvalue weighted by atomic mass is 9.81. The maximum Gasteiger partial charge on any atom is 0.311 e. The van der Waals surface area contributed by atoms with Crippen molar-refractivity contribution < 1.29 is 19.4 Å². The number of likely N-dealkylation sites (tertiary alicyclic amines) is 1. The lowest BCUT2D eigenvalue weighted by Crippen LogP contribution is -2.38. The Labute approximate surface area is 146 Å². The Kier molecular flexibility index (Phi) is 3.86. The number of carboxylic acids is 1. The molecule has 1 aliphatic heterocycles. The summed E-state index contributed by atoms with van der Waals surface area (Å²) in [6.07, 6.45) is 2.50. The standard InChI is InChI=1S/C20H21NO4/c22-18(21-11-16-6-3-9-20(16,13-21)19(23)24)12-25-17-8-7-14-4-1-2-5-15(14)10-17/h1-2,4-5,7-8,10,16H,3,6,9,11-13H2,(H,23,24)/t16-,20+/m0/s1. The van der Waals surface area contributed by atoms with Crippen LogP contribution in [0.2, 0.25) is 0 Å². The third kappa shape index (κ3) is 2.73. The van der Waals surface area contributed by atoms with Crippen LogP contribution in [0, 0.1) is 11.3 Å². The first-order valence-electron chi connectivity index (χ1n) is 8.71. The van der Waals surface area contributed by atoms with Crippen molar-refractivity contribution in [3.8, 4) is 5.75 Å². The average molecular weight is 339 g/mol. The Morgan fingerprint density at radius 1 is 1.20 bits per heavy atom. The van der Waals surface area contributed by atoms with E-state index >= 15 is 0 Å². The number of carbonyl (C=O) groups excluding carboxylic acids is 1. The lowest BCUT2D eigenvalue weighted by Gasteiger charge is -2.23. The predicted molar refractivity (Wildman–Crippen MR) is 93.4 cm³/mol. The van der Waals surface area contributed by atoms with Crippen LogP contribution in [0.3, 0.4) is 0 Å². The zero-order chi connectivity index (χ0) is 17.4. The highest BCUT2D eigenvalue weighted by Crippen LogP contribution is 2.48. The molecule has 0 bridgehead atoms. The average Bonchev–Trinajstić information content (AvgIpc) is 3.18. The van der Waals surface area contributed by atoms with Crippen LogP contribution in [0.1, 0.15) is 19.3 Å². The Morgan fingerprint density at radius 3 is 2.76 bits per heavy atom. The number of ether oxygens (including phenoxy) is 1. The van der Waals surface area contributed by atoms with Crippen LogP contribution in [0.4, 0.5) is 0 Å². The van der Waals surface area contributed by atoms with Crippen molar-refractivity contribution in [3.63, 3.8) is 0 Å². The second-order valence-electron chi connectivity index (χ2n) is 7.12. The van der Waals surface area contributed by atoms with Crippen LogP contribution in [-0.2, 0) is 9.59 Å². The number of nitrogens with zero attached hydrogens (tertiary/aromatic N) is 1. The first kappa shape index (κ1) is 15.9. The number of hydrogen-bond acceptors (Lipinski definition) is 3. The summed E-state index contributed by atoms with van der Waals surface area (Å²) in [4.78, 5) is 25.9. The van der Waals surface area contributed by atoms with E-state index in [4.69, 9.17) is 4.74 Å². The highest BCUT2D eigenvalue weighted by molar-refractivity contribution is 5.84. The third-order valence-corrected chi connectivity index (χ3v) is 5.73. The fourth-order valence-corrected chi connectivity index (χ4v) is 4.32. The number of carbonyl (C=O) groups is 2. The van der Waals surface area contributed by atoms with Gasteiger partial charge in [-0.3, -0.25) is 9.59 Å². The summed E-state index contributed by atoms with van der Waals surface area (Å²) in [6, 6.07) is 13.7. The fraction of sp³-hybridized carbons (Fsp3) is 0.400. The SMILES string of the molecule is O=C(COc1ccc2ccccc2c1)N1C[C@@H]2CCC[C@@]2(C(=O)O)C1. The lowest BCUT2D eigenvalue weighted by molar-refractivity contribution is -0.149. The first-order chi connectivity index (χ1) is 12.1. The van der Waals surface area contributed by atoms with Gasteiger partial charge in [-0.15, -0.1) is 0 Å². The van der Waals surface area contributed by atoms with Gasteiger partial charge in [-0.1, -0.05) is 36.8 Å². The van der Waals surface area contributed by atoms with Gasteiger partial charge in [-0.05, 0) is 41.7 Å². The number of carboxylic acid groups (broad SMARTS) is 1. The summed E-state index contributed by atoms with van der Waals surface area (Å²) in [5.41, 5.74) is -0.737. The van der Waals surface area contributed by atoms with E-state index in [1.54, 1.807) is 4.90 Å². The number of aliphatic carboxylic acids is 1. The van der Waals surface area contributed by atoms with Gasteiger partial charge in [0.1, 0.15) is 5.75 Å². The number of amides is 1. The molecule has 1 amide bonds. The van der Waals surface area contributed by atoms with E-state index in [-0.39, 0.29) is 18.4 Å². The first-order valence-corrected chi connectivity index (χ1v) is 8.71. The molecule has 2 fully saturated rings. The van der Waals surface area contributed by atoms with Crippen LogP contribution >= 0.6 is 0 Å². The maximum absolute atomic E-state index is 12.5. The molecule has 2 aromatic rings. The van der Waals surface area contributed by atoms with Crippen LogP contribution in [0.25, 0.3) is 10.8 Å². The monoisotopic (exact) mass is 339 g/mol.